The van der Waals surface area contributed by atoms with Crippen LogP contribution in [0.25, 0.3) is 0 Å². The van der Waals surface area contributed by atoms with Crippen LogP contribution in [0.1, 0.15) is 57.3 Å². The van der Waals surface area contributed by atoms with E-state index in [1.807, 2.05) is 6.92 Å². The van der Waals surface area contributed by atoms with E-state index in [1.54, 1.807) is 12.4 Å². The zero-order valence-electron chi connectivity index (χ0n) is 14.7. The van der Waals surface area contributed by atoms with Gasteiger partial charge in [0.05, 0.1) is 17.5 Å². The number of halogens is 1. The van der Waals surface area contributed by atoms with Gasteiger partial charge in [0.1, 0.15) is 6.17 Å². The lowest BCUT2D eigenvalue weighted by Crippen LogP contribution is -2.47. The smallest absolute Gasteiger partial charge is 0.192 e. The summed E-state index contributed by atoms with van der Waals surface area (Å²) in [6.07, 6.45) is 4.59. The van der Waals surface area contributed by atoms with Gasteiger partial charge in [-0.2, -0.15) is 0 Å². The molecule has 124 valence electrons. The number of alkyl halides is 1. The van der Waals surface area contributed by atoms with Crippen LogP contribution in [0.15, 0.2) is 12.4 Å². The fourth-order valence-corrected chi connectivity index (χ4v) is 4.03. The Bertz CT molecular complexity index is 498. The van der Waals surface area contributed by atoms with E-state index in [0.29, 0.717) is 6.42 Å². The first-order valence-electron chi connectivity index (χ1n) is 8.20. The monoisotopic (exact) mass is 324 g/mol. The summed E-state index contributed by atoms with van der Waals surface area (Å²) >= 11 is 0. The molecule has 1 aliphatic carbocycles. The summed E-state index contributed by atoms with van der Waals surface area (Å²) in [7, 11) is -1.91. The number of rotatable bonds is 3. The van der Waals surface area contributed by atoms with Crippen molar-refractivity contribution in [3.8, 4) is 0 Å². The highest BCUT2D eigenvalue weighted by atomic mass is 28.4. The van der Waals surface area contributed by atoms with Gasteiger partial charge in [0.25, 0.3) is 0 Å². The highest BCUT2D eigenvalue weighted by Gasteiger charge is 2.42. The van der Waals surface area contributed by atoms with Gasteiger partial charge in [0, 0.05) is 18.3 Å². The van der Waals surface area contributed by atoms with Gasteiger partial charge in [0.2, 0.25) is 0 Å². The summed E-state index contributed by atoms with van der Waals surface area (Å²) in [5, 5.41) is 0.117. The maximum absolute atomic E-state index is 14.6. The van der Waals surface area contributed by atoms with Gasteiger partial charge in [-0.25, -0.2) is 4.39 Å². The van der Waals surface area contributed by atoms with E-state index in [4.69, 9.17) is 4.43 Å². The lowest BCUT2D eigenvalue weighted by Gasteiger charge is -2.42. The molecule has 1 heterocycles. The van der Waals surface area contributed by atoms with Crippen molar-refractivity contribution in [2.75, 3.05) is 0 Å². The Morgan fingerprint density at radius 1 is 1.18 bits per heavy atom. The second-order valence-electron chi connectivity index (χ2n) is 8.03. The van der Waals surface area contributed by atoms with E-state index in [9.17, 15) is 4.39 Å². The van der Waals surface area contributed by atoms with Gasteiger partial charge >= 0.3 is 0 Å². The fourth-order valence-electron chi connectivity index (χ4n) is 2.66. The zero-order chi connectivity index (χ0) is 16.5. The fraction of sp³-hybridized carbons (Fsp3) is 0.765. The van der Waals surface area contributed by atoms with Gasteiger partial charge in [-0.1, -0.05) is 20.8 Å². The van der Waals surface area contributed by atoms with Crippen LogP contribution in [-0.4, -0.2) is 30.6 Å². The topological polar surface area (TPSA) is 35.0 Å². The summed E-state index contributed by atoms with van der Waals surface area (Å²) in [5.74, 6) is 0.169. The molecular weight excluding hydrogens is 295 g/mol. The standard InChI is InChI=1S/C17H29FN2OSi/c1-12-10-20-15(11-19-12)13-7-8-16(14(18)9-13)21-22(5,6)17(2,3)4/h10-11,13-14,16H,7-9H2,1-6H3/t13-,14-,16-/m0/s1. The highest BCUT2D eigenvalue weighted by molar-refractivity contribution is 6.74. The van der Waals surface area contributed by atoms with Crippen LogP contribution < -0.4 is 0 Å². The zero-order valence-corrected chi connectivity index (χ0v) is 15.7. The molecule has 1 saturated carbocycles. The average Bonchev–Trinajstić information content (AvgIpc) is 2.40. The van der Waals surface area contributed by atoms with E-state index >= 15 is 0 Å². The summed E-state index contributed by atoms with van der Waals surface area (Å²) in [6, 6.07) is 0. The third-order valence-electron chi connectivity index (χ3n) is 5.18. The molecule has 3 atom stereocenters. The van der Waals surface area contributed by atoms with Crippen LogP contribution in [0.5, 0.6) is 0 Å². The lowest BCUT2D eigenvalue weighted by atomic mass is 9.84. The molecule has 22 heavy (non-hydrogen) atoms. The van der Waals surface area contributed by atoms with Gasteiger partial charge in [0.15, 0.2) is 8.32 Å². The third kappa shape index (κ3) is 3.93. The summed E-state index contributed by atoms with van der Waals surface area (Å²) in [4.78, 5) is 8.69. The molecule has 3 nitrogen and oxygen atoms in total. The van der Waals surface area contributed by atoms with Crippen LogP contribution in [0.4, 0.5) is 4.39 Å². The Morgan fingerprint density at radius 2 is 1.86 bits per heavy atom. The minimum Gasteiger partial charge on any atom is -0.411 e. The molecule has 0 N–H and O–H groups in total. The summed E-state index contributed by atoms with van der Waals surface area (Å²) in [5.41, 5.74) is 1.81. The molecule has 0 amide bonds. The molecule has 0 saturated heterocycles. The quantitative estimate of drug-likeness (QED) is 0.750. The maximum atomic E-state index is 14.6. The third-order valence-corrected chi connectivity index (χ3v) is 9.69. The first-order chi connectivity index (χ1) is 10.1. The molecule has 0 unspecified atom stereocenters. The van der Waals surface area contributed by atoms with Crippen LogP contribution in [0.2, 0.25) is 18.1 Å². The molecule has 1 fully saturated rings. The van der Waals surface area contributed by atoms with Crippen molar-refractivity contribution in [3.05, 3.63) is 23.8 Å². The van der Waals surface area contributed by atoms with E-state index < -0.39 is 14.5 Å². The minimum absolute atomic E-state index is 0.117. The van der Waals surface area contributed by atoms with Crippen molar-refractivity contribution in [3.63, 3.8) is 0 Å². The van der Waals surface area contributed by atoms with Crippen molar-refractivity contribution in [1.29, 1.82) is 0 Å². The van der Waals surface area contributed by atoms with E-state index in [0.717, 1.165) is 24.2 Å². The van der Waals surface area contributed by atoms with E-state index in [2.05, 4.69) is 43.8 Å². The highest BCUT2D eigenvalue weighted by Crippen LogP contribution is 2.41. The predicted molar refractivity (Wildman–Crippen MR) is 90.3 cm³/mol. The number of aromatic nitrogens is 2. The Labute approximate surface area is 134 Å². The Morgan fingerprint density at radius 3 is 2.36 bits per heavy atom. The molecule has 0 radical (unpaired) electrons. The molecule has 0 bridgehead atoms. The number of nitrogens with zero attached hydrogens (tertiary/aromatic N) is 2. The first kappa shape index (κ1) is 17.5. The van der Waals surface area contributed by atoms with Gasteiger partial charge < -0.3 is 4.43 Å². The molecule has 1 aromatic rings. The number of hydrogen-bond acceptors (Lipinski definition) is 3. The Balaban J connectivity index is 2.00. The Kier molecular flexibility index (Phi) is 5.07. The first-order valence-corrected chi connectivity index (χ1v) is 11.1. The Hall–Kier alpha value is -0.813. The van der Waals surface area contributed by atoms with Crippen molar-refractivity contribution >= 4 is 8.32 Å². The average molecular weight is 325 g/mol. The largest absolute Gasteiger partial charge is 0.411 e. The van der Waals surface area contributed by atoms with Gasteiger partial charge in [-0.05, 0) is 44.3 Å². The summed E-state index contributed by atoms with van der Waals surface area (Å²) < 4.78 is 20.9. The van der Waals surface area contributed by atoms with Crippen LogP contribution >= 0.6 is 0 Å². The normalized spacial score (nSPS) is 27.0. The van der Waals surface area contributed by atoms with Gasteiger partial charge in [-0.15, -0.1) is 0 Å². The molecule has 0 aromatic carbocycles. The van der Waals surface area contributed by atoms with Crippen molar-refractivity contribution in [2.45, 2.75) is 83.3 Å². The van der Waals surface area contributed by atoms with Crippen molar-refractivity contribution in [1.82, 2.24) is 9.97 Å². The molecule has 0 spiro atoms. The van der Waals surface area contributed by atoms with Crippen molar-refractivity contribution in [2.24, 2.45) is 0 Å². The van der Waals surface area contributed by atoms with Crippen LogP contribution in [0, 0.1) is 6.92 Å². The maximum Gasteiger partial charge on any atom is 0.192 e. The van der Waals surface area contributed by atoms with Crippen LogP contribution in [0.3, 0.4) is 0 Å². The minimum atomic E-state index is -1.91. The second kappa shape index (κ2) is 6.36. The molecule has 2 rings (SSSR count). The van der Waals surface area contributed by atoms with E-state index in [1.165, 1.54) is 0 Å². The predicted octanol–water partition coefficient (Wildman–Crippen LogP) is 4.78. The van der Waals surface area contributed by atoms with Gasteiger partial charge in [-0.3, -0.25) is 9.97 Å². The lowest BCUT2D eigenvalue weighted by molar-refractivity contribution is 0.0448. The van der Waals surface area contributed by atoms with Crippen molar-refractivity contribution < 1.29 is 8.82 Å². The molecular formula is C17H29FN2OSi. The molecule has 5 heteroatoms. The second-order valence-corrected chi connectivity index (χ2v) is 12.8. The van der Waals surface area contributed by atoms with Crippen LogP contribution in [-0.2, 0) is 4.43 Å². The van der Waals surface area contributed by atoms with E-state index in [-0.39, 0.29) is 17.1 Å². The molecule has 0 aliphatic heterocycles. The summed E-state index contributed by atoms with van der Waals surface area (Å²) in [6.45, 7) is 12.9. The number of aryl methyl sites for hydroxylation is 1. The molecule has 1 aliphatic rings. The SMILES string of the molecule is Cc1cnc([C@H]2CC[C@H](O[Si](C)(C)C(C)(C)C)[C@@H](F)C2)cn1. The molecule has 1 aromatic heterocycles. The number of hydrogen-bond donors (Lipinski definition) is 0.